The lowest BCUT2D eigenvalue weighted by Gasteiger charge is -2.11. The number of Topliss-reactive ketones (excluding diaryl/α,β-unsaturated/α-hetero) is 1. The van der Waals surface area contributed by atoms with Crippen molar-refractivity contribution in [1.82, 2.24) is 0 Å². The molecule has 1 aliphatic heterocycles. The summed E-state index contributed by atoms with van der Waals surface area (Å²) in [5.41, 5.74) is 1.04. The van der Waals surface area contributed by atoms with Gasteiger partial charge in [-0.25, -0.2) is 4.79 Å². The lowest BCUT2D eigenvalue weighted by Crippen LogP contribution is -2.05. The maximum absolute atomic E-state index is 11.9. The zero-order chi connectivity index (χ0) is 14.0. The Bertz CT molecular complexity index is 521. The molecule has 0 unspecified atom stereocenters. The van der Waals surface area contributed by atoms with E-state index >= 15 is 0 Å². The molecule has 19 heavy (non-hydrogen) atoms. The van der Waals surface area contributed by atoms with Gasteiger partial charge in [-0.05, 0) is 6.07 Å². The number of cyclic esters (lactones) is 1. The first-order chi connectivity index (χ1) is 9.12. The van der Waals surface area contributed by atoms with E-state index in [0.29, 0.717) is 29.0 Å². The van der Waals surface area contributed by atoms with Gasteiger partial charge in [-0.3, -0.25) is 4.79 Å². The summed E-state index contributed by atoms with van der Waals surface area (Å²) in [5.74, 6) is 0.414. The van der Waals surface area contributed by atoms with Crippen molar-refractivity contribution in [3.05, 3.63) is 23.3 Å². The number of rotatable bonds is 5. The Morgan fingerprint density at radius 3 is 2.63 bits per heavy atom. The number of carbonyl (C=O) groups excluding carboxylic acids is 2. The Kier molecular flexibility index (Phi) is 3.74. The van der Waals surface area contributed by atoms with Crippen LogP contribution in [0.5, 0.6) is 11.5 Å². The highest BCUT2D eigenvalue weighted by Crippen LogP contribution is 2.43. The van der Waals surface area contributed by atoms with E-state index < -0.39 is 12.1 Å². The fourth-order valence-electron chi connectivity index (χ4n) is 2.18. The van der Waals surface area contributed by atoms with Gasteiger partial charge in [-0.1, -0.05) is 13.0 Å². The van der Waals surface area contributed by atoms with Crippen molar-refractivity contribution in [3.63, 3.8) is 0 Å². The van der Waals surface area contributed by atoms with Crippen molar-refractivity contribution in [2.75, 3.05) is 14.2 Å². The summed E-state index contributed by atoms with van der Waals surface area (Å²) in [5, 5.41) is 0. The zero-order valence-corrected chi connectivity index (χ0v) is 11.2. The Labute approximate surface area is 111 Å². The number of ketones is 1. The monoisotopic (exact) mass is 264 g/mol. The minimum absolute atomic E-state index is 0.0560. The molecule has 102 valence electrons. The van der Waals surface area contributed by atoms with Crippen molar-refractivity contribution in [2.45, 2.75) is 25.9 Å². The number of esters is 1. The van der Waals surface area contributed by atoms with Gasteiger partial charge in [-0.15, -0.1) is 0 Å². The van der Waals surface area contributed by atoms with E-state index in [0.717, 1.165) is 0 Å². The van der Waals surface area contributed by atoms with E-state index in [2.05, 4.69) is 0 Å². The molecule has 1 heterocycles. The summed E-state index contributed by atoms with van der Waals surface area (Å²) in [6.45, 7) is 1.79. The van der Waals surface area contributed by atoms with Gasteiger partial charge in [-0.2, -0.15) is 0 Å². The van der Waals surface area contributed by atoms with E-state index in [-0.39, 0.29) is 12.2 Å². The van der Waals surface area contributed by atoms with Crippen LogP contribution in [0.2, 0.25) is 0 Å². The van der Waals surface area contributed by atoms with Crippen LogP contribution >= 0.6 is 0 Å². The van der Waals surface area contributed by atoms with Crippen LogP contribution in [0.25, 0.3) is 0 Å². The molecule has 5 heteroatoms. The van der Waals surface area contributed by atoms with Crippen LogP contribution in [0.1, 0.15) is 41.8 Å². The second-order valence-electron chi connectivity index (χ2n) is 4.26. The van der Waals surface area contributed by atoms with E-state index in [9.17, 15) is 9.59 Å². The number of hydrogen-bond acceptors (Lipinski definition) is 5. The van der Waals surface area contributed by atoms with E-state index in [4.69, 9.17) is 14.2 Å². The largest absolute Gasteiger partial charge is 0.493 e. The fourth-order valence-corrected chi connectivity index (χ4v) is 2.18. The van der Waals surface area contributed by atoms with Crippen molar-refractivity contribution in [1.29, 1.82) is 0 Å². The third kappa shape index (κ3) is 2.28. The number of benzene rings is 1. The second-order valence-corrected chi connectivity index (χ2v) is 4.26. The normalized spacial score (nSPS) is 16.8. The maximum atomic E-state index is 11.9. The van der Waals surface area contributed by atoms with Crippen molar-refractivity contribution < 1.29 is 23.8 Å². The molecule has 0 radical (unpaired) electrons. The topological polar surface area (TPSA) is 61.8 Å². The van der Waals surface area contributed by atoms with Gasteiger partial charge in [0.2, 0.25) is 0 Å². The predicted octanol–water partition coefficient (Wildman–Crippen LogP) is 2.28. The first-order valence-electron chi connectivity index (χ1n) is 6.09. The Morgan fingerprint density at radius 1 is 1.32 bits per heavy atom. The molecular weight excluding hydrogens is 248 g/mol. The molecule has 0 bridgehead atoms. The van der Waals surface area contributed by atoms with Crippen molar-refractivity contribution in [3.8, 4) is 11.5 Å². The summed E-state index contributed by atoms with van der Waals surface area (Å²) in [6.07, 6.45) is 0.108. The molecule has 0 amide bonds. The smallest absolute Gasteiger partial charge is 0.343 e. The van der Waals surface area contributed by atoms with E-state index in [1.807, 2.05) is 0 Å². The molecule has 5 nitrogen and oxygen atoms in total. The SMILES string of the molecule is CCC(=O)C[C@H]1OC(=O)c2c1ccc(OC)c2OC. The molecule has 0 saturated heterocycles. The number of methoxy groups -OCH3 is 2. The minimum Gasteiger partial charge on any atom is -0.493 e. The van der Waals surface area contributed by atoms with Crippen molar-refractivity contribution in [2.24, 2.45) is 0 Å². The standard InChI is InChI=1S/C14H16O5/c1-4-8(15)7-11-9-5-6-10(17-2)13(18-3)12(9)14(16)19-11/h5-6,11H,4,7H2,1-3H3/t11-/m1/s1. The van der Waals surface area contributed by atoms with Crippen LogP contribution in [0, 0.1) is 0 Å². The van der Waals surface area contributed by atoms with Crippen LogP contribution in [-0.4, -0.2) is 26.0 Å². The summed E-state index contributed by atoms with van der Waals surface area (Å²) < 4.78 is 15.6. The molecule has 0 N–H and O–H groups in total. The highest BCUT2D eigenvalue weighted by molar-refractivity contribution is 5.98. The first kappa shape index (κ1) is 13.4. The molecule has 0 fully saturated rings. The molecule has 0 spiro atoms. The zero-order valence-electron chi connectivity index (χ0n) is 11.2. The second kappa shape index (κ2) is 5.30. The molecule has 1 aromatic rings. The maximum Gasteiger partial charge on any atom is 0.343 e. The van der Waals surface area contributed by atoms with Crippen LogP contribution < -0.4 is 9.47 Å². The molecule has 1 aliphatic rings. The van der Waals surface area contributed by atoms with Gasteiger partial charge in [0.1, 0.15) is 17.5 Å². The average molecular weight is 264 g/mol. The third-order valence-corrected chi connectivity index (χ3v) is 3.19. The number of ether oxygens (including phenoxy) is 3. The summed E-state index contributed by atoms with van der Waals surface area (Å²) >= 11 is 0. The van der Waals surface area contributed by atoms with Crippen LogP contribution in [0.15, 0.2) is 12.1 Å². The van der Waals surface area contributed by atoms with Gasteiger partial charge in [0.25, 0.3) is 0 Å². The van der Waals surface area contributed by atoms with Crippen LogP contribution in [0.3, 0.4) is 0 Å². The molecule has 0 saturated carbocycles. The van der Waals surface area contributed by atoms with Gasteiger partial charge >= 0.3 is 5.97 Å². The number of carbonyl (C=O) groups is 2. The van der Waals surface area contributed by atoms with E-state index in [1.54, 1.807) is 19.1 Å². The molecular formula is C14H16O5. The van der Waals surface area contributed by atoms with Gasteiger partial charge < -0.3 is 14.2 Å². The van der Waals surface area contributed by atoms with Crippen LogP contribution in [-0.2, 0) is 9.53 Å². The van der Waals surface area contributed by atoms with Gasteiger partial charge in [0.15, 0.2) is 11.5 Å². The highest BCUT2D eigenvalue weighted by Gasteiger charge is 2.36. The van der Waals surface area contributed by atoms with Gasteiger partial charge in [0.05, 0.1) is 14.2 Å². The quantitative estimate of drug-likeness (QED) is 0.763. The number of hydrogen-bond donors (Lipinski definition) is 0. The molecule has 2 rings (SSSR count). The highest BCUT2D eigenvalue weighted by atomic mass is 16.6. The fraction of sp³-hybridized carbons (Fsp3) is 0.429. The predicted molar refractivity (Wildman–Crippen MR) is 67.6 cm³/mol. The average Bonchev–Trinajstić information content (AvgIpc) is 2.74. The summed E-state index contributed by atoms with van der Waals surface area (Å²) in [7, 11) is 2.97. The molecule has 1 atom stereocenters. The van der Waals surface area contributed by atoms with Crippen LogP contribution in [0.4, 0.5) is 0 Å². The molecule has 1 aromatic carbocycles. The Hall–Kier alpha value is -2.04. The molecule has 0 aliphatic carbocycles. The summed E-state index contributed by atoms with van der Waals surface area (Å²) in [4.78, 5) is 23.4. The first-order valence-corrected chi connectivity index (χ1v) is 6.09. The molecule has 0 aromatic heterocycles. The third-order valence-electron chi connectivity index (χ3n) is 3.19. The van der Waals surface area contributed by atoms with Gasteiger partial charge in [0, 0.05) is 18.4 Å². The minimum atomic E-state index is -0.519. The van der Waals surface area contributed by atoms with Crippen molar-refractivity contribution >= 4 is 11.8 Å². The Morgan fingerprint density at radius 2 is 2.05 bits per heavy atom. The summed E-state index contributed by atoms with van der Waals surface area (Å²) in [6, 6.07) is 3.46. The lowest BCUT2D eigenvalue weighted by atomic mass is 9.99. The number of fused-ring (bicyclic) bond motifs is 1. The Balaban J connectivity index is 2.43. The lowest BCUT2D eigenvalue weighted by molar-refractivity contribution is -0.120. The van der Waals surface area contributed by atoms with E-state index in [1.165, 1.54) is 14.2 Å².